The molecular formula is C14H21F3N2O. The van der Waals surface area contributed by atoms with Gasteiger partial charge in [-0.1, -0.05) is 32.0 Å². The Bertz CT molecular complexity index is 392. The monoisotopic (exact) mass is 290 g/mol. The van der Waals surface area contributed by atoms with Crippen molar-refractivity contribution in [2.75, 3.05) is 26.2 Å². The predicted molar refractivity (Wildman–Crippen MR) is 72.6 cm³/mol. The summed E-state index contributed by atoms with van der Waals surface area (Å²) in [4.78, 5) is 2.24. The van der Waals surface area contributed by atoms with Crippen LogP contribution in [-0.4, -0.2) is 37.4 Å². The zero-order chi connectivity index (χ0) is 15.0. The van der Waals surface area contributed by atoms with Crippen molar-refractivity contribution in [2.24, 2.45) is 0 Å². The molecule has 0 unspecified atom stereocenters. The molecule has 0 spiro atoms. The van der Waals surface area contributed by atoms with Gasteiger partial charge < -0.3 is 15.0 Å². The second-order valence-corrected chi connectivity index (χ2v) is 4.36. The molecule has 1 N–H and O–H groups in total. The number of hydrogen-bond acceptors (Lipinski definition) is 3. The normalized spacial score (nSPS) is 11.9. The zero-order valence-corrected chi connectivity index (χ0v) is 11.8. The Hall–Kier alpha value is -1.27. The minimum absolute atomic E-state index is 0.143. The van der Waals surface area contributed by atoms with Crippen LogP contribution in [0.5, 0.6) is 5.75 Å². The van der Waals surface area contributed by atoms with E-state index in [9.17, 15) is 13.2 Å². The van der Waals surface area contributed by atoms with Crippen molar-refractivity contribution in [2.45, 2.75) is 26.8 Å². The molecule has 1 aromatic carbocycles. The Morgan fingerprint density at radius 2 is 1.80 bits per heavy atom. The first kappa shape index (κ1) is 16.8. The Morgan fingerprint density at radius 1 is 1.15 bits per heavy atom. The summed E-state index contributed by atoms with van der Waals surface area (Å²) in [5.74, 6) is -0.143. The largest absolute Gasteiger partial charge is 0.573 e. The molecule has 0 aliphatic carbocycles. The smallest absolute Gasteiger partial charge is 0.405 e. The van der Waals surface area contributed by atoms with Crippen molar-refractivity contribution in [1.82, 2.24) is 10.2 Å². The van der Waals surface area contributed by atoms with Crippen LogP contribution in [0.25, 0.3) is 0 Å². The van der Waals surface area contributed by atoms with E-state index in [1.165, 1.54) is 12.1 Å². The first-order chi connectivity index (χ1) is 9.46. The number of alkyl halides is 3. The molecule has 0 aliphatic heterocycles. The lowest BCUT2D eigenvalue weighted by molar-refractivity contribution is -0.274. The predicted octanol–water partition coefficient (Wildman–Crippen LogP) is 3.02. The van der Waals surface area contributed by atoms with Gasteiger partial charge in [0.1, 0.15) is 5.75 Å². The summed E-state index contributed by atoms with van der Waals surface area (Å²) in [6.07, 6.45) is -4.66. The summed E-state index contributed by atoms with van der Waals surface area (Å²) in [5.41, 5.74) is 0.504. The third-order valence-electron chi connectivity index (χ3n) is 3.01. The van der Waals surface area contributed by atoms with Crippen LogP contribution in [0, 0.1) is 0 Å². The van der Waals surface area contributed by atoms with Crippen LogP contribution in [0.2, 0.25) is 0 Å². The van der Waals surface area contributed by atoms with E-state index < -0.39 is 6.36 Å². The van der Waals surface area contributed by atoms with Crippen molar-refractivity contribution in [1.29, 1.82) is 0 Å². The van der Waals surface area contributed by atoms with E-state index in [0.717, 1.165) is 26.2 Å². The maximum atomic E-state index is 12.3. The van der Waals surface area contributed by atoms with Crippen molar-refractivity contribution in [3.63, 3.8) is 0 Å². The Balaban J connectivity index is 2.47. The van der Waals surface area contributed by atoms with Gasteiger partial charge in [-0.3, -0.25) is 0 Å². The highest BCUT2D eigenvalue weighted by Gasteiger charge is 2.31. The number of nitrogens with zero attached hydrogens (tertiary/aromatic N) is 1. The quantitative estimate of drug-likeness (QED) is 0.745. The topological polar surface area (TPSA) is 24.5 Å². The molecule has 0 amide bonds. The number of rotatable bonds is 8. The number of likely N-dealkylation sites (N-methyl/N-ethyl adjacent to an activating group) is 1. The molecule has 0 bridgehead atoms. The molecule has 0 atom stereocenters. The fourth-order valence-electron chi connectivity index (χ4n) is 1.87. The lowest BCUT2D eigenvalue weighted by Crippen LogP contribution is -2.31. The number of hydrogen-bond donors (Lipinski definition) is 1. The van der Waals surface area contributed by atoms with Gasteiger partial charge in [0.15, 0.2) is 0 Å². The average molecular weight is 290 g/mol. The van der Waals surface area contributed by atoms with Gasteiger partial charge in [0.25, 0.3) is 0 Å². The minimum atomic E-state index is -4.66. The van der Waals surface area contributed by atoms with E-state index in [-0.39, 0.29) is 5.75 Å². The van der Waals surface area contributed by atoms with E-state index in [2.05, 4.69) is 28.8 Å². The maximum absolute atomic E-state index is 12.3. The molecule has 114 valence electrons. The standard InChI is InChI=1S/C14H21F3N2O/c1-3-19(4-2)10-9-18-11-12-7-5-6-8-13(12)20-14(15,16)17/h5-8,18H,3-4,9-11H2,1-2H3. The van der Waals surface area contributed by atoms with Gasteiger partial charge in [0, 0.05) is 25.2 Å². The molecule has 0 aromatic heterocycles. The van der Waals surface area contributed by atoms with Gasteiger partial charge in [-0.05, 0) is 19.2 Å². The van der Waals surface area contributed by atoms with Crippen LogP contribution in [0.1, 0.15) is 19.4 Å². The molecule has 20 heavy (non-hydrogen) atoms. The van der Waals surface area contributed by atoms with Crippen LogP contribution in [0.3, 0.4) is 0 Å². The lowest BCUT2D eigenvalue weighted by Gasteiger charge is -2.18. The van der Waals surface area contributed by atoms with Gasteiger partial charge in [-0.25, -0.2) is 0 Å². The summed E-state index contributed by atoms with van der Waals surface area (Å²) in [7, 11) is 0. The zero-order valence-electron chi connectivity index (χ0n) is 11.8. The summed E-state index contributed by atoms with van der Waals surface area (Å²) >= 11 is 0. The molecule has 0 aliphatic rings. The fraction of sp³-hybridized carbons (Fsp3) is 0.571. The minimum Gasteiger partial charge on any atom is -0.405 e. The molecule has 0 fully saturated rings. The van der Waals surface area contributed by atoms with Crippen molar-refractivity contribution >= 4 is 0 Å². The molecule has 0 heterocycles. The second-order valence-electron chi connectivity index (χ2n) is 4.36. The van der Waals surface area contributed by atoms with Gasteiger partial charge in [-0.2, -0.15) is 0 Å². The van der Waals surface area contributed by atoms with E-state index in [1.807, 2.05) is 0 Å². The van der Waals surface area contributed by atoms with Crippen LogP contribution in [0.15, 0.2) is 24.3 Å². The van der Waals surface area contributed by atoms with Crippen LogP contribution in [0.4, 0.5) is 13.2 Å². The Morgan fingerprint density at radius 3 is 2.40 bits per heavy atom. The van der Waals surface area contributed by atoms with Gasteiger partial charge in [-0.15, -0.1) is 13.2 Å². The highest BCUT2D eigenvalue weighted by atomic mass is 19.4. The fourth-order valence-corrected chi connectivity index (χ4v) is 1.87. The summed E-state index contributed by atoms with van der Waals surface area (Å²) in [6.45, 7) is 8.04. The molecule has 0 saturated heterocycles. The number of halogens is 3. The number of para-hydroxylation sites is 1. The van der Waals surface area contributed by atoms with Crippen LogP contribution < -0.4 is 10.1 Å². The van der Waals surface area contributed by atoms with Crippen molar-refractivity contribution in [3.05, 3.63) is 29.8 Å². The number of benzene rings is 1. The highest BCUT2D eigenvalue weighted by Crippen LogP contribution is 2.25. The van der Waals surface area contributed by atoms with Gasteiger partial charge in [0.05, 0.1) is 0 Å². The lowest BCUT2D eigenvalue weighted by atomic mass is 10.2. The Kier molecular flexibility index (Phi) is 6.81. The molecular weight excluding hydrogens is 269 g/mol. The van der Waals surface area contributed by atoms with E-state index in [0.29, 0.717) is 12.1 Å². The van der Waals surface area contributed by atoms with Crippen LogP contribution >= 0.6 is 0 Å². The maximum Gasteiger partial charge on any atom is 0.573 e. The summed E-state index contributed by atoms with van der Waals surface area (Å²) in [5, 5.41) is 3.14. The third kappa shape index (κ3) is 6.25. The molecule has 0 saturated carbocycles. The molecule has 3 nitrogen and oxygen atoms in total. The van der Waals surface area contributed by atoms with Crippen LogP contribution in [-0.2, 0) is 6.54 Å². The van der Waals surface area contributed by atoms with Crippen molar-refractivity contribution < 1.29 is 17.9 Å². The second kappa shape index (κ2) is 8.11. The molecule has 1 aromatic rings. The summed E-state index contributed by atoms with van der Waals surface area (Å²) < 4.78 is 40.8. The Labute approximate surface area is 117 Å². The van der Waals surface area contributed by atoms with E-state index in [1.54, 1.807) is 12.1 Å². The molecule has 1 rings (SSSR count). The van der Waals surface area contributed by atoms with Gasteiger partial charge >= 0.3 is 6.36 Å². The third-order valence-corrected chi connectivity index (χ3v) is 3.01. The van der Waals surface area contributed by atoms with Gasteiger partial charge in [0.2, 0.25) is 0 Å². The van der Waals surface area contributed by atoms with E-state index in [4.69, 9.17) is 0 Å². The van der Waals surface area contributed by atoms with Crippen molar-refractivity contribution in [3.8, 4) is 5.75 Å². The first-order valence-electron chi connectivity index (χ1n) is 6.73. The van der Waals surface area contributed by atoms with E-state index >= 15 is 0 Å². The first-order valence-corrected chi connectivity index (χ1v) is 6.73. The number of nitrogens with one attached hydrogen (secondary N) is 1. The highest BCUT2D eigenvalue weighted by molar-refractivity contribution is 5.33. The SMILES string of the molecule is CCN(CC)CCNCc1ccccc1OC(F)(F)F. The molecule has 0 radical (unpaired) electrons. The molecule has 6 heteroatoms. The average Bonchev–Trinajstić information content (AvgIpc) is 2.39. The number of ether oxygens (including phenoxy) is 1. The summed E-state index contributed by atoms with van der Waals surface area (Å²) in [6, 6.07) is 6.19.